The van der Waals surface area contributed by atoms with Gasteiger partial charge in [0, 0.05) is 12.1 Å². The van der Waals surface area contributed by atoms with Crippen LogP contribution >= 0.6 is 0 Å². The zero-order valence-electron chi connectivity index (χ0n) is 6.72. The van der Waals surface area contributed by atoms with Crippen LogP contribution in [0, 0.1) is 0 Å². The summed E-state index contributed by atoms with van der Waals surface area (Å²) in [5.74, 6) is -0.0642. The average molecular weight is 155 g/mol. The average Bonchev–Trinajstić information content (AvgIpc) is 2.71. The molecule has 1 aliphatic heterocycles. The number of ether oxygens (including phenoxy) is 1. The van der Waals surface area contributed by atoms with Crippen LogP contribution in [-0.2, 0) is 9.53 Å². The van der Waals surface area contributed by atoms with Crippen LogP contribution in [0.25, 0.3) is 0 Å². The Morgan fingerprint density at radius 1 is 1.82 bits per heavy atom. The van der Waals surface area contributed by atoms with Gasteiger partial charge in [0.2, 0.25) is 5.91 Å². The van der Waals surface area contributed by atoms with Gasteiger partial charge in [-0.05, 0) is 13.3 Å². The van der Waals surface area contributed by atoms with Gasteiger partial charge in [-0.3, -0.25) is 4.79 Å². The molecule has 1 saturated heterocycles. The molecule has 3 heteroatoms. The van der Waals surface area contributed by atoms with E-state index in [1.54, 1.807) is 6.92 Å². The molecular weight excluding hydrogens is 142 g/mol. The third-order valence-electron chi connectivity index (χ3n) is 1.54. The van der Waals surface area contributed by atoms with E-state index >= 15 is 0 Å². The Bertz CT molecular complexity index is 173. The van der Waals surface area contributed by atoms with Crippen molar-refractivity contribution >= 4 is 5.91 Å². The van der Waals surface area contributed by atoms with Gasteiger partial charge < -0.3 is 10.1 Å². The Morgan fingerprint density at radius 2 is 2.45 bits per heavy atom. The molecule has 1 N–H and O–H groups in total. The molecule has 0 aromatic carbocycles. The summed E-state index contributed by atoms with van der Waals surface area (Å²) in [5, 5.41) is 2.73. The van der Waals surface area contributed by atoms with E-state index in [2.05, 4.69) is 11.9 Å². The molecule has 3 nitrogen and oxygen atoms in total. The van der Waals surface area contributed by atoms with Crippen LogP contribution < -0.4 is 5.32 Å². The first-order valence-electron chi connectivity index (χ1n) is 3.75. The van der Waals surface area contributed by atoms with Gasteiger partial charge >= 0.3 is 0 Å². The molecule has 0 aromatic rings. The van der Waals surface area contributed by atoms with E-state index in [4.69, 9.17) is 4.74 Å². The second-order valence-electron chi connectivity index (χ2n) is 2.78. The van der Waals surface area contributed by atoms with Gasteiger partial charge in [-0.25, -0.2) is 0 Å². The molecule has 1 heterocycles. The smallest absolute Gasteiger partial charge is 0.246 e. The summed E-state index contributed by atoms with van der Waals surface area (Å²) in [6.07, 6.45) is 1.30. The number of nitrogens with one attached hydrogen (secondary N) is 1. The second kappa shape index (κ2) is 3.53. The second-order valence-corrected chi connectivity index (χ2v) is 2.78. The molecule has 1 unspecified atom stereocenters. The Labute approximate surface area is 66.4 Å². The van der Waals surface area contributed by atoms with Gasteiger partial charge in [-0.15, -0.1) is 0 Å². The van der Waals surface area contributed by atoms with Crippen molar-refractivity contribution < 1.29 is 9.53 Å². The van der Waals surface area contributed by atoms with Crippen molar-refractivity contribution in [3.05, 3.63) is 12.2 Å². The first-order chi connectivity index (χ1) is 5.20. The topological polar surface area (TPSA) is 41.6 Å². The Kier molecular flexibility index (Phi) is 2.65. The third-order valence-corrected chi connectivity index (χ3v) is 1.54. The number of hydrogen-bond acceptors (Lipinski definition) is 2. The molecule has 0 aromatic heterocycles. The van der Waals surface area contributed by atoms with Gasteiger partial charge in [-0.1, -0.05) is 6.58 Å². The van der Waals surface area contributed by atoms with Gasteiger partial charge in [0.05, 0.1) is 12.7 Å². The van der Waals surface area contributed by atoms with Crippen LogP contribution in [0.15, 0.2) is 12.2 Å². The number of hydrogen-bond donors (Lipinski definition) is 1. The lowest BCUT2D eigenvalue weighted by Crippen LogP contribution is -2.25. The number of epoxide rings is 1. The van der Waals surface area contributed by atoms with Crippen molar-refractivity contribution in [3.63, 3.8) is 0 Å². The van der Waals surface area contributed by atoms with Crippen molar-refractivity contribution in [1.82, 2.24) is 5.32 Å². The molecule has 0 saturated carbocycles. The number of amides is 1. The normalized spacial score (nSPS) is 21.0. The summed E-state index contributed by atoms with van der Waals surface area (Å²) in [4.78, 5) is 10.9. The highest BCUT2D eigenvalue weighted by Crippen LogP contribution is 2.11. The maximum atomic E-state index is 10.9. The summed E-state index contributed by atoms with van der Waals surface area (Å²) in [7, 11) is 0. The van der Waals surface area contributed by atoms with Crippen LogP contribution in [0.4, 0.5) is 0 Å². The highest BCUT2D eigenvalue weighted by molar-refractivity contribution is 5.91. The van der Waals surface area contributed by atoms with Gasteiger partial charge in [-0.2, -0.15) is 0 Å². The van der Waals surface area contributed by atoms with Crippen LogP contribution in [0.2, 0.25) is 0 Å². The van der Waals surface area contributed by atoms with E-state index in [1.807, 2.05) is 0 Å². The predicted octanol–water partition coefficient (Wildman–Crippen LogP) is 0.468. The molecule has 1 rings (SSSR count). The van der Waals surface area contributed by atoms with E-state index in [-0.39, 0.29) is 5.91 Å². The molecule has 1 amide bonds. The minimum atomic E-state index is -0.0642. The predicted molar refractivity (Wildman–Crippen MR) is 42.2 cm³/mol. The van der Waals surface area contributed by atoms with Gasteiger partial charge in [0.25, 0.3) is 0 Å². The molecule has 0 spiro atoms. The summed E-state index contributed by atoms with van der Waals surface area (Å²) in [5.41, 5.74) is 0.557. The van der Waals surface area contributed by atoms with Crippen molar-refractivity contribution in [2.45, 2.75) is 19.4 Å². The summed E-state index contributed by atoms with van der Waals surface area (Å²) >= 11 is 0. The molecule has 0 bridgehead atoms. The van der Waals surface area contributed by atoms with Crippen LogP contribution in [0.5, 0.6) is 0 Å². The maximum Gasteiger partial charge on any atom is 0.246 e. The van der Waals surface area contributed by atoms with Crippen molar-refractivity contribution in [1.29, 1.82) is 0 Å². The van der Waals surface area contributed by atoms with Crippen molar-refractivity contribution in [2.75, 3.05) is 13.2 Å². The SMILES string of the molecule is C=C(C)C(=O)NCCC1CO1. The van der Waals surface area contributed by atoms with Crippen molar-refractivity contribution in [2.24, 2.45) is 0 Å². The van der Waals surface area contributed by atoms with E-state index in [1.165, 1.54) is 0 Å². The van der Waals surface area contributed by atoms with Crippen LogP contribution in [0.3, 0.4) is 0 Å². The minimum absolute atomic E-state index is 0.0642. The van der Waals surface area contributed by atoms with Crippen LogP contribution in [-0.4, -0.2) is 25.2 Å². The highest BCUT2D eigenvalue weighted by Gasteiger charge is 2.21. The molecular formula is C8H13NO2. The summed E-state index contributed by atoms with van der Waals surface area (Å²) < 4.78 is 4.98. The first-order valence-corrected chi connectivity index (χ1v) is 3.75. The number of carbonyl (C=O) groups is 1. The highest BCUT2D eigenvalue weighted by atomic mass is 16.6. The molecule has 1 aliphatic rings. The zero-order chi connectivity index (χ0) is 8.27. The Hall–Kier alpha value is -0.830. The van der Waals surface area contributed by atoms with E-state index in [0.29, 0.717) is 18.2 Å². The Balaban J connectivity index is 2.01. The van der Waals surface area contributed by atoms with E-state index in [9.17, 15) is 4.79 Å². The lowest BCUT2D eigenvalue weighted by molar-refractivity contribution is -0.117. The minimum Gasteiger partial charge on any atom is -0.373 e. The molecule has 62 valence electrons. The summed E-state index contributed by atoms with van der Waals surface area (Å²) in [6.45, 7) is 6.76. The Morgan fingerprint density at radius 3 is 2.91 bits per heavy atom. The number of rotatable bonds is 4. The lowest BCUT2D eigenvalue weighted by atomic mass is 10.3. The first kappa shape index (κ1) is 8.27. The fourth-order valence-electron chi connectivity index (χ4n) is 0.732. The van der Waals surface area contributed by atoms with E-state index < -0.39 is 0 Å². The molecule has 0 radical (unpaired) electrons. The van der Waals surface area contributed by atoms with Crippen molar-refractivity contribution in [3.8, 4) is 0 Å². The summed E-state index contributed by atoms with van der Waals surface area (Å²) in [6, 6.07) is 0. The zero-order valence-corrected chi connectivity index (χ0v) is 6.72. The standard InChI is InChI=1S/C8H13NO2/c1-6(2)8(10)9-4-3-7-5-11-7/h7H,1,3-5H2,2H3,(H,9,10). The molecule has 1 atom stereocenters. The quantitative estimate of drug-likeness (QED) is 0.473. The van der Waals surface area contributed by atoms with Crippen LogP contribution in [0.1, 0.15) is 13.3 Å². The third kappa shape index (κ3) is 3.18. The fourth-order valence-corrected chi connectivity index (χ4v) is 0.732. The molecule has 1 fully saturated rings. The van der Waals surface area contributed by atoms with E-state index in [0.717, 1.165) is 13.0 Å². The van der Waals surface area contributed by atoms with Gasteiger partial charge in [0.15, 0.2) is 0 Å². The molecule has 11 heavy (non-hydrogen) atoms. The number of carbonyl (C=O) groups excluding carboxylic acids is 1. The van der Waals surface area contributed by atoms with Gasteiger partial charge in [0.1, 0.15) is 0 Å². The molecule has 0 aliphatic carbocycles. The monoisotopic (exact) mass is 155 g/mol. The lowest BCUT2D eigenvalue weighted by Gasteiger charge is -2.01. The fraction of sp³-hybridized carbons (Fsp3) is 0.625. The largest absolute Gasteiger partial charge is 0.373 e. The maximum absolute atomic E-state index is 10.9.